The molecule has 4 aromatic rings. The number of carbonyl (C=O) groups excluding carboxylic acids is 2. The van der Waals surface area contributed by atoms with E-state index < -0.39 is 11.9 Å². The number of pyridine rings is 1. The lowest BCUT2D eigenvalue weighted by molar-refractivity contribution is -0.135. The summed E-state index contributed by atoms with van der Waals surface area (Å²) in [7, 11) is 1.57. The molecule has 0 bridgehead atoms. The van der Waals surface area contributed by atoms with Gasteiger partial charge in [0.2, 0.25) is 5.78 Å². The van der Waals surface area contributed by atoms with E-state index in [9.17, 15) is 14.4 Å². The lowest BCUT2D eigenvalue weighted by atomic mass is 9.85. The fraction of sp³-hybridized carbons (Fsp3) is 0.107. The molecule has 1 atom stereocenters. The minimum Gasteiger partial charge on any atom is -0.497 e. The number of fused-ring (bicyclic) bond motifs is 4. The molecular weight excluding hydrogens is 446 g/mol. The van der Waals surface area contributed by atoms with Crippen LogP contribution in [0.2, 0.25) is 0 Å². The third-order valence-corrected chi connectivity index (χ3v) is 6.33. The Morgan fingerprint density at radius 1 is 0.971 bits per heavy atom. The van der Waals surface area contributed by atoms with E-state index in [1.807, 2.05) is 36.4 Å². The molecule has 1 aromatic heterocycles. The molecule has 0 saturated carbocycles. The Bertz CT molecular complexity index is 1620. The molecule has 0 radical (unpaired) electrons. The van der Waals surface area contributed by atoms with Gasteiger partial charge in [-0.05, 0) is 48.0 Å². The molecule has 7 nitrogen and oxygen atoms in total. The number of carbonyl (C=O) groups is 2. The van der Waals surface area contributed by atoms with Crippen molar-refractivity contribution in [1.82, 2.24) is 4.98 Å². The van der Waals surface area contributed by atoms with Crippen LogP contribution >= 0.6 is 0 Å². The molecule has 7 heteroatoms. The number of methoxy groups -OCH3 is 1. The summed E-state index contributed by atoms with van der Waals surface area (Å²) in [6.07, 6.45) is 1.62. The first-order chi connectivity index (χ1) is 17.0. The van der Waals surface area contributed by atoms with E-state index >= 15 is 0 Å². The number of ketones is 1. The molecule has 3 aromatic carbocycles. The van der Waals surface area contributed by atoms with E-state index in [0.29, 0.717) is 33.7 Å². The predicted molar refractivity (Wildman–Crippen MR) is 129 cm³/mol. The summed E-state index contributed by atoms with van der Waals surface area (Å²) in [6, 6.07) is 19.6. The Balaban J connectivity index is 1.51. The molecule has 0 fully saturated rings. The van der Waals surface area contributed by atoms with Crippen molar-refractivity contribution in [3.8, 4) is 17.2 Å². The fourth-order valence-electron chi connectivity index (χ4n) is 4.66. The van der Waals surface area contributed by atoms with Crippen molar-refractivity contribution in [2.45, 2.75) is 12.3 Å². The molecule has 2 aliphatic heterocycles. The van der Waals surface area contributed by atoms with Gasteiger partial charge in [0, 0.05) is 27.9 Å². The average molecular weight is 465 g/mol. The fourth-order valence-corrected chi connectivity index (χ4v) is 4.66. The van der Waals surface area contributed by atoms with Crippen LogP contribution in [0.1, 0.15) is 39.4 Å². The van der Waals surface area contributed by atoms with Crippen LogP contribution in [0, 0.1) is 0 Å². The summed E-state index contributed by atoms with van der Waals surface area (Å²) >= 11 is 0. The van der Waals surface area contributed by atoms with Crippen LogP contribution in [0.4, 0.5) is 0 Å². The molecular formula is C28H19NO6. The molecule has 35 heavy (non-hydrogen) atoms. The number of allylic oxidation sites excluding steroid dienone is 1. The van der Waals surface area contributed by atoms with E-state index in [-0.39, 0.29) is 29.3 Å². The summed E-state index contributed by atoms with van der Waals surface area (Å²) in [5.41, 5.74) is 2.41. The first kappa shape index (κ1) is 20.9. The highest BCUT2D eigenvalue weighted by Crippen LogP contribution is 2.48. The van der Waals surface area contributed by atoms with Crippen molar-refractivity contribution in [2.24, 2.45) is 0 Å². The van der Waals surface area contributed by atoms with E-state index in [2.05, 4.69) is 4.98 Å². The number of benzene rings is 3. The van der Waals surface area contributed by atoms with Gasteiger partial charge < -0.3 is 19.2 Å². The van der Waals surface area contributed by atoms with E-state index in [0.717, 1.165) is 10.9 Å². The maximum Gasteiger partial charge on any atom is 0.312 e. The number of hydrogen-bond donors (Lipinski definition) is 1. The zero-order valence-corrected chi connectivity index (χ0v) is 18.7. The Kier molecular flexibility index (Phi) is 4.77. The van der Waals surface area contributed by atoms with Crippen LogP contribution in [0.3, 0.4) is 0 Å². The topological polar surface area (TPSA) is 94.7 Å². The minimum absolute atomic E-state index is 0.0582. The van der Waals surface area contributed by atoms with Gasteiger partial charge in [-0.25, -0.2) is 0 Å². The summed E-state index contributed by atoms with van der Waals surface area (Å²) in [4.78, 5) is 41.6. The Morgan fingerprint density at radius 2 is 1.80 bits per heavy atom. The van der Waals surface area contributed by atoms with Crippen LogP contribution in [-0.4, -0.2) is 23.8 Å². The van der Waals surface area contributed by atoms with Gasteiger partial charge >= 0.3 is 5.97 Å². The van der Waals surface area contributed by atoms with E-state index in [4.69, 9.17) is 14.2 Å². The second-order valence-electron chi connectivity index (χ2n) is 8.44. The predicted octanol–water partition coefficient (Wildman–Crippen LogP) is 4.59. The molecule has 172 valence electrons. The van der Waals surface area contributed by atoms with Gasteiger partial charge in [0.1, 0.15) is 17.2 Å². The number of H-pyrrole nitrogens is 1. The number of hydrogen-bond acceptors (Lipinski definition) is 6. The molecule has 1 N–H and O–H groups in total. The lowest BCUT2D eigenvalue weighted by Gasteiger charge is -2.26. The number of ether oxygens (including phenoxy) is 3. The second kappa shape index (κ2) is 7.99. The maximum absolute atomic E-state index is 13.1. The summed E-state index contributed by atoms with van der Waals surface area (Å²) in [5.74, 6) is 0.0407. The molecule has 2 aliphatic rings. The zero-order valence-electron chi connectivity index (χ0n) is 18.7. The monoisotopic (exact) mass is 465 g/mol. The zero-order chi connectivity index (χ0) is 24.1. The summed E-state index contributed by atoms with van der Waals surface area (Å²) in [5, 5.41) is 0.758. The van der Waals surface area contributed by atoms with Gasteiger partial charge in [0.05, 0.1) is 19.1 Å². The SMILES string of the molecule is COc1ccc2[nH]c(=O)c([C@@H]3CC(=O)Oc4ccc5c(c43)O/C(=C\c3ccccc3)C5=O)cc2c1. The molecule has 3 heterocycles. The minimum atomic E-state index is -0.649. The van der Waals surface area contributed by atoms with Crippen molar-refractivity contribution in [3.05, 3.63) is 105 Å². The van der Waals surface area contributed by atoms with Gasteiger partial charge in [-0.2, -0.15) is 0 Å². The number of esters is 1. The van der Waals surface area contributed by atoms with Crippen molar-refractivity contribution >= 4 is 28.7 Å². The summed E-state index contributed by atoms with van der Waals surface area (Å²) in [6.45, 7) is 0. The highest BCUT2D eigenvalue weighted by atomic mass is 16.5. The quantitative estimate of drug-likeness (QED) is 0.270. The first-order valence-electron chi connectivity index (χ1n) is 11.1. The Labute approximate surface area is 199 Å². The lowest BCUT2D eigenvalue weighted by Crippen LogP contribution is -2.26. The molecule has 0 spiro atoms. The highest BCUT2D eigenvalue weighted by Gasteiger charge is 2.39. The number of aromatic nitrogens is 1. The van der Waals surface area contributed by atoms with Gasteiger partial charge in [0.25, 0.3) is 5.56 Å². The van der Waals surface area contributed by atoms with Crippen molar-refractivity contribution < 1.29 is 23.8 Å². The second-order valence-corrected chi connectivity index (χ2v) is 8.44. The van der Waals surface area contributed by atoms with Crippen LogP contribution < -0.4 is 19.8 Å². The molecule has 0 amide bonds. The van der Waals surface area contributed by atoms with Crippen LogP contribution in [0.25, 0.3) is 17.0 Å². The van der Waals surface area contributed by atoms with Gasteiger partial charge in [-0.1, -0.05) is 30.3 Å². The molecule has 0 saturated heterocycles. The third kappa shape index (κ3) is 3.49. The number of Topliss-reactive ketones (excluding diaryl/α,β-unsaturated/α-hetero) is 1. The first-order valence-corrected chi connectivity index (χ1v) is 11.1. The number of nitrogens with one attached hydrogen (secondary N) is 1. The summed E-state index contributed by atoms with van der Waals surface area (Å²) < 4.78 is 16.9. The number of rotatable bonds is 3. The highest BCUT2D eigenvalue weighted by molar-refractivity contribution is 6.15. The van der Waals surface area contributed by atoms with Gasteiger partial charge in [0.15, 0.2) is 5.76 Å². The van der Waals surface area contributed by atoms with Crippen LogP contribution in [-0.2, 0) is 4.79 Å². The van der Waals surface area contributed by atoms with Crippen molar-refractivity contribution in [1.29, 1.82) is 0 Å². The normalized spacial score (nSPS) is 17.6. The standard InChI is InChI=1S/C28H19NO6/c1-33-17-7-9-21-16(12-17)13-20(28(32)29-21)19-14-24(30)34-22-10-8-18-26(31)23(35-27(18)25(19)22)11-15-5-3-2-4-6-15/h2-13,19H,14H2,1H3,(H,29,32)/b23-11-/t19-/m0/s1. The number of aromatic amines is 1. The van der Waals surface area contributed by atoms with Crippen molar-refractivity contribution in [2.75, 3.05) is 7.11 Å². The van der Waals surface area contributed by atoms with Crippen molar-refractivity contribution in [3.63, 3.8) is 0 Å². The Hall–Kier alpha value is -4.65. The molecule has 6 rings (SSSR count). The average Bonchev–Trinajstić information content (AvgIpc) is 3.18. The maximum atomic E-state index is 13.1. The molecule has 0 unspecified atom stereocenters. The third-order valence-electron chi connectivity index (χ3n) is 6.33. The smallest absolute Gasteiger partial charge is 0.312 e. The largest absolute Gasteiger partial charge is 0.497 e. The Morgan fingerprint density at radius 3 is 2.60 bits per heavy atom. The van der Waals surface area contributed by atoms with Gasteiger partial charge in [-0.3, -0.25) is 14.4 Å². The van der Waals surface area contributed by atoms with E-state index in [1.165, 1.54) is 0 Å². The van der Waals surface area contributed by atoms with Crippen LogP contribution in [0.5, 0.6) is 17.2 Å². The molecule has 0 aliphatic carbocycles. The van der Waals surface area contributed by atoms with Gasteiger partial charge in [-0.15, -0.1) is 0 Å². The van der Waals surface area contributed by atoms with E-state index in [1.54, 1.807) is 43.5 Å². The van der Waals surface area contributed by atoms with Crippen LogP contribution in [0.15, 0.2) is 77.3 Å².